The Morgan fingerprint density at radius 3 is 2.51 bits per heavy atom. The van der Waals surface area contributed by atoms with E-state index in [1.807, 2.05) is 72.9 Å². The van der Waals surface area contributed by atoms with Crippen LogP contribution in [0, 0.1) is 0 Å². The fourth-order valence-corrected chi connectivity index (χ4v) is 5.77. The Morgan fingerprint density at radius 2 is 1.73 bits per heavy atom. The molecule has 0 N–H and O–H groups in total. The van der Waals surface area contributed by atoms with Crippen LogP contribution in [0.2, 0.25) is 5.02 Å². The molecule has 5 rings (SSSR count). The van der Waals surface area contributed by atoms with Crippen LogP contribution >= 0.6 is 55.2 Å². The number of ether oxygens (including phenoxy) is 1. The monoisotopic (exact) mass is 658 g/mol. The second kappa shape index (κ2) is 11.5. The molecule has 1 aliphatic rings. The van der Waals surface area contributed by atoms with Gasteiger partial charge in [0.15, 0.2) is 0 Å². The number of halogens is 3. The largest absolute Gasteiger partial charge is 0.492 e. The first-order valence-corrected chi connectivity index (χ1v) is 14.3. The van der Waals surface area contributed by atoms with Crippen molar-refractivity contribution in [2.45, 2.75) is 19.5 Å². The topological polar surface area (TPSA) is 51.5 Å². The first-order valence-electron chi connectivity index (χ1n) is 11.5. The molecule has 1 aromatic heterocycles. The van der Waals surface area contributed by atoms with E-state index in [0.717, 1.165) is 55.7 Å². The van der Waals surface area contributed by atoms with Gasteiger partial charge in [0, 0.05) is 38.2 Å². The summed E-state index contributed by atoms with van der Waals surface area (Å²) in [5.74, 6) is 0.395. The first kappa shape index (κ1) is 26.1. The van der Waals surface area contributed by atoms with Gasteiger partial charge in [-0.3, -0.25) is 14.5 Å². The Labute approximate surface area is 240 Å². The highest BCUT2D eigenvalue weighted by Gasteiger charge is 2.35. The summed E-state index contributed by atoms with van der Waals surface area (Å²) in [7, 11) is 0. The number of imide groups is 1. The molecule has 9 heteroatoms. The third-order valence-electron chi connectivity index (χ3n) is 5.93. The molecule has 3 aromatic carbocycles. The summed E-state index contributed by atoms with van der Waals surface area (Å²) in [6.07, 6.45) is 4.61. The number of hydrogen-bond donors (Lipinski definition) is 0. The number of rotatable bonds is 8. The number of carbonyl (C=O) groups excluding carboxylic acids is 2. The van der Waals surface area contributed by atoms with Gasteiger partial charge in [-0.15, -0.1) is 0 Å². The van der Waals surface area contributed by atoms with Gasteiger partial charge in [0.05, 0.1) is 23.1 Å². The highest BCUT2D eigenvalue weighted by Crippen LogP contribution is 2.36. The van der Waals surface area contributed by atoms with Gasteiger partial charge in [0.25, 0.3) is 11.1 Å². The molecule has 4 aromatic rings. The summed E-state index contributed by atoms with van der Waals surface area (Å²) in [6, 6.07) is 21.1. The SMILES string of the molecule is O=C1S/C(=C\c2cn(CCCOc3ccccc3Cl)c3ccc(Br)cc23)C(=O)N1Cc1ccc(Br)cc1. The molecule has 0 aliphatic carbocycles. The van der Waals surface area contributed by atoms with E-state index in [0.29, 0.717) is 22.3 Å². The lowest BCUT2D eigenvalue weighted by Gasteiger charge is -2.12. The predicted molar refractivity (Wildman–Crippen MR) is 157 cm³/mol. The lowest BCUT2D eigenvalue weighted by molar-refractivity contribution is -0.123. The maximum atomic E-state index is 13.1. The summed E-state index contributed by atoms with van der Waals surface area (Å²) in [6.45, 7) is 1.49. The van der Waals surface area contributed by atoms with Gasteiger partial charge >= 0.3 is 0 Å². The van der Waals surface area contributed by atoms with Crippen LogP contribution in [0.3, 0.4) is 0 Å². The van der Waals surface area contributed by atoms with Crippen LogP contribution in [0.1, 0.15) is 17.5 Å². The van der Waals surface area contributed by atoms with Crippen molar-refractivity contribution in [1.29, 1.82) is 0 Å². The lowest BCUT2D eigenvalue weighted by atomic mass is 10.1. The van der Waals surface area contributed by atoms with E-state index in [1.54, 1.807) is 6.07 Å². The molecule has 0 bridgehead atoms. The molecule has 37 heavy (non-hydrogen) atoms. The van der Waals surface area contributed by atoms with E-state index in [9.17, 15) is 9.59 Å². The Morgan fingerprint density at radius 1 is 0.973 bits per heavy atom. The van der Waals surface area contributed by atoms with Crippen LogP contribution in [0.15, 0.2) is 86.8 Å². The van der Waals surface area contributed by atoms with Gasteiger partial charge in [-0.25, -0.2) is 0 Å². The average Bonchev–Trinajstić information content (AvgIpc) is 3.35. The number of para-hydroxylation sites is 1. The third kappa shape index (κ3) is 5.98. The standard InChI is InChI=1S/C28H21Br2ClN2O3S/c29-20-8-6-18(7-9-20)16-33-27(34)26(37-28(33)35)14-19-17-32(24-11-10-21(30)15-22(19)24)12-3-13-36-25-5-2-1-4-23(25)31/h1-2,4-11,14-15,17H,3,12-13,16H2/b26-14-. The second-order valence-corrected chi connectivity index (χ2v) is 11.7. The van der Waals surface area contributed by atoms with Crippen LogP contribution in [0.4, 0.5) is 4.79 Å². The van der Waals surface area contributed by atoms with E-state index in [-0.39, 0.29) is 17.7 Å². The molecule has 1 saturated heterocycles. The Kier molecular flexibility index (Phi) is 8.09. The zero-order chi connectivity index (χ0) is 25.9. The van der Waals surface area contributed by atoms with Crippen LogP contribution in [-0.4, -0.2) is 27.2 Å². The van der Waals surface area contributed by atoms with E-state index < -0.39 is 0 Å². The summed E-state index contributed by atoms with van der Waals surface area (Å²) >= 11 is 14.1. The minimum absolute atomic E-state index is 0.244. The van der Waals surface area contributed by atoms with Crippen LogP contribution in [0.25, 0.3) is 17.0 Å². The van der Waals surface area contributed by atoms with Crippen molar-refractivity contribution >= 4 is 83.3 Å². The number of hydrogen-bond acceptors (Lipinski definition) is 4. The van der Waals surface area contributed by atoms with Crippen molar-refractivity contribution < 1.29 is 14.3 Å². The molecular formula is C28H21Br2ClN2O3S. The normalized spacial score (nSPS) is 14.8. The summed E-state index contributed by atoms with van der Waals surface area (Å²) in [4.78, 5) is 27.5. The van der Waals surface area contributed by atoms with E-state index in [1.165, 1.54) is 4.90 Å². The fraction of sp³-hybridized carbons (Fsp3) is 0.143. The number of aryl methyl sites for hydroxylation is 1. The maximum absolute atomic E-state index is 13.1. The van der Waals surface area contributed by atoms with Gasteiger partial charge < -0.3 is 9.30 Å². The van der Waals surface area contributed by atoms with Gasteiger partial charge in [-0.05, 0) is 72.3 Å². The maximum Gasteiger partial charge on any atom is 0.293 e. The Balaban J connectivity index is 1.34. The van der Waals surface area contributed by atoms with Crippen molar-refractivity contribution in [2.75, 3.05) is 6.61 Å². The molecule has 0 atom stereocenters. The van der Waals surface area contributed by atoms with Crippen molar-refractivity contribution in [3.8, 4) is 5.75 Å². The Bertz CT molecular complexity index is 1520. The lowest BCUT2D eigenvalue weighted by Crippen LogP contribution is -2.27. The van der Waals surface area contributed by atoms with E-state index in [4.69, 9.17) is 16.3 Å². The van der Waals surface area contributed by atoms with Gasteiger partial charge in [0.1, 0.15) is 5.75 Å². The molecule has 2 amide bonds. The number of aromatic nitrogens is 1. The number of fused-ring (bicyclic) bond motifs is 1. The van der Waals surface area contributed by atoms with Gasteiger partial charge in [0.2, 0.25) is 0 Å². The number of carbonyl (C=O) groups is 2. The van der Waals surface area contributed by atoms with Crippen molar-refractivity contribution in [2.24, 2.45) is 0 Å². The smallest absolute Gasteiger partial charge is 0.293 e. The Hall–Kier alpha value is -2.52. The van der Waals surface area contributed by atoms with Crippen molar-refractivity contribution in [1.82, 2.24) is 9.47 Å². The molecule has 5 nitrogen and oxygen atoms in total. The molecule has 0 radical (unpaired) electrons. The number of thioether (sulfide) groups is 1. The zero-order valence-electron chi connectivity index (χ0n) is 19.5. The molecule has 1 fully saturated rings. The van der Waals surface area contributed by atoms with Crippen LogP contribution in [0.5, 0.6) is 5.75 Å². The number of nitrogens with zero attached hydrogens (tertiary/aromatic N) is 2. The summed E-state index contributed by atoms with van der Waals surface area (Å²) in [5.41, 5.74) is 2.82. The van der Waals surface area contributed by atoms with Gasteiger partial charge in [-0.2, -0.15) is 0 Å². The number of benzene rings is 3. The molecule has 0 saturated carbocycles. The molecule has 0 unspecified atom stereocenters. The van der Waals surface area contributed by atoms with Crippen LogP contribution < -0.4 is 4.74 Å². The van der Waals surface area contributed by atoms with Crippen molar-refractivity contribution in [3.63, 3.8) is 0 Å². The molecule has 188 valence electrons. The third-order valence-corrected chi connectivity index (χ3v) is 8.17. The average molecular weight is 661 g/mol. The second-order valence-electron chi connectivity index (χ2n) is 8.47. The summed E-state index contributed by atoms with van der Waals surface area (Å²) in [5, 5.41) is 1.33. The highest BCUT2D eigenvalue weighted by molar-refractivity contribution is 9.10. The summed E-state index contributed by atoms with van der Waals surface area (Å²) < 4.78 is 9.88. The first-order chi connectivity index (χ1) is 17.9. The van der Waals surface area contributed by atoms with E-state index >= 15 is 0 Å². The quantitative estimate of drug-likeness (QED) is 0.141. The fourth-order valence-electron chi connectivity index (χ4n) is 4.13. The highest BCUT2D eigenvalue weighted by atomic mass is 79.9. The minimum Gasteiger partial charge on any atom is -0.492 e. The predicted octanol–water partition coefficient (Wildman–Crippen LogP) is 8.53. The van der Waals surface area contributed by atoms with E-state index in [2.05, 4.69) is 36.4 Å². The molecular weight excluding hydrogens is 640 g/mol. The molecule has 2 heterocycles. The molecule has 1 aliphatic heterocycles. The minimum atomic E-state index is -0.276. The molecule has 0 spiro atoms. The van der Waals surface area contributed by atoms with Crippen molar-refractivity contribution in [3.05, 3.63) is 103 Å². The van der Waals surface area contributed by atoms with Gasteiger partial charge in [-0.1, -0.05) is 67.7 Å². The number of amides is 2. The zero-order valence-corrected chi connectivity index (χ0v) is 24.2. The van der Waals surface area contributed by atoms with Crippen LogP contribution in [-0.2, 0) is 17.9 Å².